The van der Waals surface area contributed by atoms with Gasteiger partial charge in [0.1, 0.15) is 0 Å². The van der Waals surface area contributed by atoms with Gasteiger partial charge in [-0.2, -0.15) is 4.31 Å². The molecule has 0 radical (unpaired) electrons. The van der Waals surface area contributed by atoms with E-state index in [9.17, 15) is 18.0 Å². The Morgan fingerprint density at radius 2 is 1.62 bits per heavy atom. The summed E-state index contributed by atoms with van der Waals surface area (Å²) in [5.41, 5.74) is 2.35. The first-order valence-electron chi connectivity index (χ1n) is 11.8. The molecule has 2 saturated heterocycles. The SMILES string of the molecule is Cc1ccccc1NC(=O)COC(=O)c1cc(S(=O)(=O)N2CCCCC2)ccc1N1CCCC1. The van der Waals surface area contributed by atoms with Gasteiger partial charge in [0.05, 0.1) is 16.1 Å². The molecular formula is C25H31N3O5S. The van der Waals surface area contributed by atoms with Crippen molar-refractivity contribution in [1.82, 2.24) is 4.31 Å². The number of esters is 1. The molecule has 2 aromatic rings. The van der Waals surface area contributed by atoms with Crippen molar-refractivity contribution in [2.24, 2.45) is 0 Å². The van der Waals surface area contributed by atoms with Gasteiger partial charge in [0.2, 0.25) is 10.0 Å². The molecule has 0 aliphatic carbocycles. The fraction of sp³-hybridized carbons (Fsp3) is 0.440. The molecule has 0 spiro atoms. The van der Waals surface area contributed by atoms with Crippen molar-refractivity contribution in [2.45, 2.75) is 43.9 Å². The molecule has 0 aromatic heterocycles. The zero-order valence-electron chi connectivity index (χ0n) is 19.5. The third-order valence-corrected chi connectivity index (χ3v) is 8.24. The second-order valence-corrected chi connectivity index (χ2v) is 10.7. The lowest BCUT2D eigenvalue weighted by Gasteiger charge is -2.27. The minimum absolute atomic E-state index is 0.0775. The molecule has 8 nitrogen and oxygen atoms in total. The number of ether oxygens (including phenoxy) is 1. The van der Waals surface area contributed by atoms with E-state index >= 15 is 0 Å². The fourth-order valence-electron chi connectivity index (χ4n) is 4.44. The first kappa shape index (κ1) is 24.2. The molecule has 0 bridgehead atoms. The lowest BCUT2D eigenvalue weighted by atomic mass is 10.1. The standard InChI is InChI=1S/C25H31N3O5S/c1-19-9-3-4-10-22(19)26-24(29)18-33-25(30)21-17-20(11-12-23(21)27-13-7-8-14-27)34(31,32)28-15-5-2-6-16-28/h3-4,9-12,17H,2,5-8,13-16,18H2,1H3,(H,26,29). The Hall–Kier alpha value is -2.91. The van der Waals surface area contributed by atoms with Gasteiger partial charge in [-0.15, -0.1) is 0 Å². The normalized spacial score (nSPS) is 16.9. The number of aryl methyl sites for hydroxylation is 1. The van der Waals surface area contributed by atoms with E-state index in [4.69, 9.17) is 4.74 Å². The van der Waals surface area contributed by atoms with Gasteiger partial charge >= 0.3 is 5.97 Å². The van der Waals surface area contributed by atoms with Crippen molar-refractivity contribution in [1.29, 1.82) is 0 Å². The predicted molar refractivity (Wildman–Crippen MR) is 131 cm³/mol. The Balaban J connectivity index is 1.54. The number of nitrogens with one attached hydrogen (secondary N) is 1. The number of amides is 1. The van der Waals surface area contributed by atoms with Crippen molar-refractivity contribution in [3.05, 3.63) is 53.6 Å². The van der Waals surface area contributed by atoms with Crippen LogP contribution in [0.3, 0.4) is 0 Å². The van der Waals surface area contributed by atoms with Crippen LogP contribution in [0.4, 0.5) is 11.4 Å². The van der Waals surface area contributed by atoms with E-state index in [1.165, 1.54) is 10.4 Å². The minimum atomic E-state index is -3.71. The van der Waals surface area contributed by atoms with Crippen LogP contribution in [0.5, 0.6) is 0 Å². The van der Waals surface area contributed by atoms with Gasteiger partial charge in [-0.05, 0) is 62.4 Å². The third kappa shape index (κ3) is 5.42. The van der Waals surface area contributed by atoms with Crippen molar-refractivity contribution in [3.63, 3.8) is 0 Å². The average Bonchev–Trinajstić information content (AvgIpc) is 3.39. The number of carbonyl (C=O) groups is 2. The molecule has 1 amide bonds. The molecule has 2 aliphatic heterocycles. The summed E-state index contributed by atoms with van der Waals surface area (Å²) in [6, 6.07) is 12.0. The second-order valence-electron chi connectivity index (χ2n) is 8.78. The van der Waals surface area contributed by atoms with Crippen LogP contribution in [0.15, 0.2) is 47.4 Å². The molecule has 2 aromatic carbocycles. The average molecular weight is 486 g/mol. The molecule has 34 heavy (non-hydrogen) atoms. The molecule has 1 N–H and O–H groups in total. The minimum Gasteiger partial charge on any atom is -0.452 e. The summed E-state index contributed by atoms with van der Waals surface area (Å²) in [6.45, 7) is 3.94. The summed E-state index contributed by atoms with van der Waals surface area (Å²) in [7, 11) is -3.71. The number of benzene rings is 2. The Morgan fingerprint density at radius 3 is 2.32 bits per heavy atom. The van der Waals surface area contributed by atoms with Crippen molar-refractivity contribution < 1.29 is 22.7 Å². The number of para-hydroxylation sites is 1. The molecule has 0 atom stereocenters. The maximum Gasteiger partial charge on any atom is 0.340 e. The van der Waals surface area contributed by atoms with Gasteiger partial charge in [-0.25, -0.2) is 13.2 Å². The van der Waals surface area contributed by atoms with Crippen molar-refractivity contribution in [3.8, 4) is 0 Å². The maximum atomic E-state index is 13.2. The van der Waals surface area contributed by atoms with Crippen LogP contribution in [0.1, 0.15) is 48.0 Å². The van der Waals surface area contributed by atoms with Gasteiger partial charge in [0, 0.05) is 31.9 Å². The third-order valence-electron chi connectivity index (χ3n) is 6.34. The maximum absolute atomic E-state index is 13.2. The Labute approximate surface area is 200 Å². The van der Waals surface area contributed by atoms with Gasteiger partial charge < -0.3 is 15.0 Å². The van der Waals surface area contributed by atoms with Crippen LogP contribution in [0.25, 0.3) is 0 Å². The van der Waals surface area contributed by atoms with Gasteiger partial charge in [0.25, 0.3) is 5.91 Å². The van der Waals surface area contributed by atoms with Gasteiger partial charge in [-0.1, -0.05) is 24.6 Å². The van der Waals surface area contributed by atoms with Crippen LogP contribution >= 0.6 is 0 Å². The zero-order valence-corrected chi connectivity index (χ0v) is 20.3. The van der Waals surface area contributed by atoms with Crippen LogP contribution < -0.4 is 10.2 Å². The van der Waals surface area contributed by atoms with Gasteiger partial charge in [0.15, 0.2) is 6.61 Å². The molecule has 2 heterocycles. The summed E-state index contributed by atoms with van der Waals surface area (Å²) < 4.78 is 33.2. The molecule has 4 rings (SSSR count). The smallest absolute Gasteiger partial charge is 0.340 e. The highest BCUT2D eigenvalue weighted by Crippen LogP contribution is 2.30. The monoisotopic (exact) mass is 485 g/mol. The predicted octanol–water partition coefficient (Wildman–Crippen LogP) is 3.57. The molecule has 9 heteroatoms. The Kier molecular flexibility index (Phi) is 7.53. The van der Waals surface area contributed by atoms with Crippen molar-refractivity contribution >= 4 is 33.3 Å². The lowest BCUT2D eigenvalue weighted by molar-refractivity contribution is -0.119. The summed E-state index contributed by atoms with van der Waals surface area (Å²) in [5.74, 6) is -1.17. The summed E-state index contributed by atoms with van der Waals surface area (Å²) in [4.78, 5) is 27.6. The number of sulfonamides is 1. The molecule has 2 aliphatic rings. The van der Waals surface area contributed by atoms with E-state index < -0.39 is 28.5 Å². The van der Waals surface area contributed by atoms with Crippen LogP contribution in [0.2, 0.25) is 0 Å². The van der Waals surface area contributed by atoms with Gasteiger partial charge in [-0.3, -0.25) is 4.79 Å². The molecular weight excluding hydrogens is 454 g/mol. The molecule has 0 saturated carbocycles. The number of hydrogen-bond acceptors (Lipinski definition) is 6. The van der Waals surface area contributed by atoms with E-state index in [1.54, 1.807) is 18.2 Å². The van der Waals surface area contributed by atoms with E-state index in [2.05, 4.69) is 10.2 Å². The van der Waals surface area contributed by atoms with E-state index in [1.807, 2.05) is 25.1 Å². The van der Waals surface area contributed by atoms with E-state index in [0.29, 0.717) is 24.5 Å². The number of nitrogens with zero attached hydrogens (tertiary/aromatic N) is 2. The Morgan fingerprint density at radius 1 is 0.941 bits per heavy atom. The highest BCUT2D eigenvalue weighted by molar-refractivity contribution is 7.89. The molecule has 182 valence electrons. The second kappa shape index (κ2) is 10.6. The number of anilines is 2. The first-order chi connectivity index (χ1) is 16.4. The number of hydrogen-bond donors (Lipinski definition) is 1. The lowest BCUT2D eigenvalue weighted by Crippen LogP contribution is -2.35. The highest BCUT2D eigenvalue weighted by Gasteiger charge is 2.29. The zero-order chi connectivity index (χ0) is 24.1. The molecule has 0 unspecified atom stereocenters. The van der Waals surface area contributed by atoms with Crippen LogP contribution in [-0.2, 0) is 19.6 Å². The number of piperidine rings is 1. The molecule has 2 fully saturated rings. The first-order valence-corrected chi connectivity index (χ1v) is 13.2. The fourth-order valence-corrected chi connectivity index (χ4v) is 5.98. The highest BCUT2D eigenvalue weighted by atomic mass is 32.2. The number of rotatable bonds is 7. The topological polar surface area (TPSA) is 96.0 Å². The van der Waals surface area contributed by atoms with Crippen LogP contribution in [0, 0.1) is 6.92 Å². The van der Waals surface area contributed by atoms with E-state index in [-0.39, 0.29) is 10.5 Å². The largest absolute Gasteiger partial charge is 0.452 e. The summed E-state index contributed by atoms with van der Waals surface area (Å²) >= 11 is 0. The van der Waals surface area contributed by atoms with E-state index in [0.717, 1.165) is 50.8 Å². The van der Waals surface area contributed by atoms with Crippen LogP contribution in [-0.4, -0.2) is 57.4 Å². The quantitative estimate of drug-likeness (QED) is 0.603. The Bertz CT molecular complexity index is 1150. The number of carbonyl (C=O) groups excluding carboxylic acids is 2. The summed E-state index contributed by atoms with van der Waals surface area (Å²) in [5, 5.41) is 2.74. The van der Waals surface area contributed by atoms with Crippen molar-refractivity contribution in [2.75, 3.05) is 43.0 Å². The summed E-state index contributed by atoms with van der Waals surface area (Å²) in [6.07, 6.45) is 4.68.